The number of likely N-dealkylation sites (N-methyl/N-ethyl adjacent to an activating group) is 1. The van der Waals surface area contributed by atoms with Crippen LogP contribution in [0.3, 0.4) is 0 Å². The number of nitrogens with two attached hydrogens (primary N) is 1. The average Bonchev–Trinajstić information content (AvgIpc) is 2.02. The minimum atomic E-state index is -1.11. The normalized spacial score (nSPS) is 12.2. The Hall–Kier alpha value is -1.14. The number of hydrogen-bond donors (Lipinski definition) is 3. The number of carboxylic acid groups (broad SMARTS) is 1. The summed E-state index contributed by atoms with van der Waals surface area (Å²) >= 11 is 0. The molecule has 0 aromatic carbocycles. The van der Waals surface area contributed by atoms with Crippen LogP contribution in [0.4, 0.5) is 0 Å². The first-order valence-corrected chi connectivity index (χ1v) is 3.82. The van der Waals surface area contributed by atoms with Crippen molar-refractivity contribution < 1.29 is 19.8 Å². The summed E-state index contributed by atoms with van der Waals surface area (Å²) in [6, 6.07) is -1.03. The van der Waals surface area contributed by atoms with E-state index in [0.29, 0.717) is 0 Å². The van der Waals surface area contributed by atoms with Gasteiger partial charge in [-0.1, -0.05) is 0 Å². The van der Waals surface area contributed by atoms with Crippen LogP contribution >= 0.6 is 0 Å². The van der Waals surface area contributed by atoms with Gasteiger partial charge in [-0.05, 0) is 0 Å². The van der Waals surface area contributed by atoms with Crippen molar-refractivity contribution in [3.8, 4) is 0 Å². The van der Waals surface area contributed by atoms with E-state index < -0.39 is 24.3 Å². The topological polar surface area (TPSA) is 104 Å². The molecule has 6 nitrogen and oxygen atoms in total. The Labute approximate surface area is 75.9 Å². The third kappa shape index (κ3) is 4.44. The summed E-state index contributed by atoms with van der Waals surface area (Å²) in [5, 5.41) is 16.8. The quantitative estimate of drug-likeness (QED) is 0.476. The van der Waals surface area contributed by atoms with E-state index in [1.807, 2.05) is 0 Å². The zero-order valence-electron chi connectivity index (χ0n) is 7.43. The fourth-order valence-corrected chi connectivity index (χ4v) is 0.819. The third-order valence-corrected chi connectivity index (χ3v) is 1.52. The van der Waals surface area contributed by atoms with Gasteiger partial charge in [0.25, 0.3) is 0 Å². The second kappa shape index (κ2) is 5.50. The zero-order chi connectivity index (χ0) is 10.4. The fraction of sp³-hybridized carbons (Fsp3) is 0.714. The molecule has 0 rings (SSSR count). The Bertz CT molecular complexity index is 195. The molecule has 0 aromatic heterocycles. The molecule has 4 N–H and O–H groups in total. The molecule has 1 unspecified atom stereocenters. The molecule has 6 heteroatoms. The number of aliphatic carboxylic acids is 1. The second-order valence-corrected chi connectivity index (χ2v) is 2.69. The van der Waals surface area contributed by atoms with Gasteiger partial charge in [0.15, 0.2) is 0 Å². The molecule has 0 aliphatic heterocycles. The Kier molecular flexibility index (Phi) is 5.01. The molecular weight excluding hydrogens is 176 g/mol. The summed E-state index contributed by atoms with van der Waals surface area (Å²) in [6.45, 7) is -0.00577. The molecule has 1 amide bonds. The molecule has 0 saturated heterocycles. The van der Waals surface area contributed by atoms with Crippen molar-refractivity contribution in [2.45, 2.75) is 12.5 Å². The van der Waals surface area contributed by atoms with E-state index in [0.717, 1.165) is 0 Å². The van der Waals surface area contributed by atoms with Gasteiger partial charge in [0, 0.05) is 13.6 Å². The number of aliphatic hydroxyl groups excluding tert-OH is 1. The smallest absolute Gasteiger partial charge is 0.305 e. The molecule has 1 atom stereocenters. The van der Waals surface area contributed by atoms with Gasteiger partial charge in [-0.15, -0.1) is 0 Å². The fourth-order valence-electron chi connectivity index (χ4n) is 0.819. The number of hydrogen-bond acceptors (Lipinski definition) is 4. The van der Waals surface area contributed by atoms with Gasteiger partial charge in [0.05, 0.1) is 19.1 Å². The molecule has 0 aliphatic rings. The van der Waals surface area contributed by atoms with Crippen LogP contribution in [0.5, 0.6) is 0 Å². The van der Waals surface area contributed by atoms with Crippen molar-refractivity contribution in [3.63, 3.8) is 0 Å². The molecule has 0 spiro atoms. The van der Waals surface area contributed by atoms with Gasteiger partial charge >= 0.3 is 5.97 Å². The molecule has 76 valence electrons. The number of nitrogens with zero attached hydrogens (tertiary/aromatic N) is 1. The van der Waals surface area contributed by atoms with Crippen LogP contribution < -0.4 is 5.73 Å². The number of carboxylic acids is 1. The molecule has 0 radical (unpaired) electrons. The van der Waals surface area contributed by atoms with E-state index >= 15 is 0 Å². The number of amides is 1. The van der Waals surface area contributed by atoms with Gasteiger partial charge in [-0.25, -0.2) is 0 Å². The maximum absolute atomic E-state index is 11.2. The van der Waals surface area contributed by atoms with Crippen molar-refractivity contribution in [2.75, 3.05) is 20.2 Å². The van der Waals surface area contributed by atoms with Crippen molar-refractivity contribution in [2.24, 2.45) is 5.73 Å². The molecule has 13 heavy (non-hydrogen) atoms. The summed E-state index contributed by atoms with van der Waals surface area (Å²) in [5.41, 5.74) is 5.30. The Morgan fingerprint density at radius 1 is 1.54 bits per heavy atom. The minimum absolute atomic E-state index is 0.159. The van der Waals surface area contributed by atoms with Gasteiger partial charge in [-0.3, -0.25) is 9.59 Å². The van der Waals surface area contributed by atoms with E-state index in [4.69, 9.17) is 15.9 Å². The first kappa shape index (κ1) is 11.9. The molecule has 0 heterocycles. The lowest BCUT2D eigenvalue weighted by molar-refractivity contribution is -0.141. The van der Waals surface area contributed by atoms with Crippen LogP contribution in [0.15, 0.2) is 0 Å². The summed E-state index contributed by atoms with van der Waals surface area (Å²) < 4.78 is 0. The standard InChI is InChI=1S/C7H14N2O4/c1-9(2-3-10)7(13)5(8)4-6(11)12/h5,10H,2-4,8H2,1H3,(H,11,12). The third-order valence-electron chi connectivity index (χ3n) is 1.52. The number of rotatable bonds is 5. The average molecular weight is 190 g/mol. The predicted octanol–water partition coefficient (Wildman–Crippen LogP) is -1.76. The second-order valence-electron chi connectivity index (χ2n) is 2.69. The minimum Gasteiger partial charge on any atom is -0.481 e. The first-order chi connectivity index (χ1) is 5.99. The largest absolute Gasteiger partial charge is 0.481 e. The highest BCUT2D eigenvalue weighted by atomic mass is 16.4. The van der Waals surface area contributed by atoms with Crippen LogP contribution in [0.1, 0.15) is 6.42 Å². The van der Waals surface area contributed by atoms with Crippen LogP contribution in [0, 0.1) is 0 Å². The molecule has 0 aromatic rings. The van der Waals surface area contributed by atoms with E-state index in [9.17, 15) is 9.59 Å². The van der Waals surface area contributed by atoms with E-state index in [1.54, 1.807) is 0 Å². The summed E-state index contributed by atoms with van der Waals surface area (Å²) in [6.07, 6.45) is -0.394. The highest BCUT2D eigenvalue weighted by Crippen LogP contribution is 1.94. The SMILES string of the molecule is CN(CCO)C(=O)C(N)CC(=O)O. The highest BCUT2D eigenvalue weighted by Gasteiger charge is 2.19. The molecule has 0 fully saturated rings. The van der Waals surface area contributed by atoms with Crippen LogP contribution in [-0.2, 0) is 9.59 Å². The van der Waals surface area contributed by atoms with E-state index in [1.165, 1.54) is 11.9 Å². The molecular formula is C7H14N2O4. The van der Waals surface area contributed by atoms with E-state index in [2.05, 4.69) is 0 Å². The van der Waals surface area contributed by atoms with Gasteiger partial charge in [0.1, 0.15) is 0 Å². The van der Waals surface area contributed by atoms with Gasteiger partial charge in [0.2, 0.25) is 5.91 Å². The molecule has 0 aliphatic carbocycles. The predicted molar refractivity (Wildman–Crippen MR) is 45.0 cm³/mol. The lowest BCUT2D eigenvalue weighted by atomic mass is 10.2. The van der Waals surface area contributed by atoms with E-state index in [-0.39, 0.29) is 13.2 Å². The Morgan fingerprint density at radius 3 is 2.46 bits per heavy atom. The van der Waals surface area contributed by atoms with Gasteiger partial charge in [-0.2, -0.15) is 0 Å². The highest BCUT2D eigenvalue weighted by molar-refractivity contribution is 5.85. The van der Waals surface area contributed by atoms with Crippen LogP contribution in [-0.4, -0.2) is 53.2 Å². The summed E-state index contributed by atoms with van der Waals surface area (Å²) in [4.78, 5) is 22.6. The van der Waals surface area contributed by atoms with Crippen molar-refractivity contribution >= 4 is 11.9 Å². The zero-order valence-corrected chi connectivity index (χ0v) is 7.43. The van der Waals surface area contributed by atoms with Crippen molar-refractivity contribution in [1.29, 1.82) is 0 Å². The Morgan fingerprint density at radius 2 is 2.08 bits per heavy atom. The summed E-state index contributed by atoms with van der Waals surface area (Å²) in [7, 11) is 1.46. The summed E-state index contributed by atoms with van der Waals surface area (Å²) in [5.74, 6) is -1.59. The number of aliphatic hydroxyl groups is 1. The maximum Gasteiger partial charge on any atom is 0.305 e. The Balaban J connectivity index is 4.01. The number of carbonyl (C=O) groups is 2. The lowest BCUT2D eigenvalue weighted by Crippen LogP contribution is -2.43. The number of carbonyl (C=O) groups excluding carboxylic acids is 1. The molecule has 0 bridgehead atoms. The maximum atomic E-state index is 11.2. The monoisotopic (exact) mass is 190 g/mol. The first-order valence-electron chi connectivity index (χ1n) is 3.82. The van der Waals surface area contributed by atoms with Crippen molar-refractivity contribution in [1.82, 2.24) is 4.90 Å². The van der Waals surface area contributed by atoms with Gasteiger partial charge < -0.3 is 20.8 Å². The van der Waals surface area contributed by atoms with Crippen LogP contribution in [0.25, 0.3) is 0 Å². The van der Waals surface area contributed by atoms with Crippen LogP contribution in [0.2, 0.25) is 0 Å². The lowest BCUT2D eigenvalue weighted by Gasteiger charge is -2.18. The van der Waals surface area contributed by atoms with Crippen molar-refractivity contribution in [3.05, 3.63) is 0 Å². The molecule has 0 saturated carbocycles.